The molecule has 0 aliphatic rings. The molecule has 0 saturated heterocycles. The van der Waals surface area contributed by atoms with Gasteiger partial charge in [0.05, 0.1) is 5.56 Å². The van der Waals surface area contributed by atoms with Gasteiger partial charge in [0.15, 0.2) is 5.13 Å². The molecule has 1 aromatic heterocycles. The summed E-state index contributed by atoms with van der Waals surface area (Å²) in [5.41, 5.74) is 0.445. The van der Waals surface area contributed by atoms with Gasteiger partial charge in [0.25, 0.3) is 5.91 Å². The minimum atomic E-state index is -4.43. The van der Waals surface area contributed by atoms with Crippen LogP contribution in [-0.2, 0) is 19.1 Å². The SMILES string of the molecule is O=C(Nc1ncc(CCCO)s1)c1ccc(CNc2ccccc2C(F)(F)F)cc1. The lowest BCUT2D eigenvalue weighted by Gasteiger charge is -2.14. The number of rotatable bonds is 8. The molecule has 0 radical (unpaired) electrons. The van der Waals surface area contributed by atoms with Crippen molar-refractivity contribution in [2.24, 2.45) is 0 Å². The van der Waals surface area contributed by atoms with Gasteiger partial charge < -0.3 is 10.4 Å². The number of carbonyl (C=O) groups is 1. The quantitative estimate of drug-likeness (QED) is 0.468. The Labute approximate surface area is 175 Å². The van der Waals surface area contributed by atoms with Gasteiger partial charge in [-0.1, -0.05) is 24.3 Å². The summed E-state index contributed by atoms with van der Waals surface area (Å²) in [6.45, 7) is 0.290. The van der Waals surface area contributed by atoms with Crippen LogP contribution in [0.4, 0.5) is 24.0 Å². The molecule has 3 N–H and O–H groups in total. The van der Waals surface area contributed by atoms with E-state index in [0.29, 0.717) is 23.5 Å². The number of para-hydroxylation sites is 1. The number of halogens is 3. The van der Waals surface area contributed by atoms with Gasteiger partial charge in [-0.2, -0.15) is 13.2 Å². The highest BCUT2D eigenvalue weighted by Gasteiger charge is 2.33. The van der Waals surface area contributed by atoms with Crippen LogP contribution in [0.2, 0.25) is 0 Å². The molecule has 9 heteroatoms. The zero-order valence-electron chi connectivity index (χ0n) is 15.9. The second-order valence-corrected chi connectivity index (χ2v) is 7.62. The van der Waals surface area contributed by atoms with Crippen LogP contribution >= 0.6 is 11.3 Å². The topological polar surface area (TPSA) is 74.2 Å². The number of hydrogen-bond donors (Lipinski definition) is 3. The van der Waals surface area contributed by atoms with Crippen molar-refractivity contribution in [1.29, 1.82) is 0 Å². The van der Waals surface area contributed by atoms with Gasteiger partial charge in [-0.15, -0.1) is 11.3 Å². The first kappa shape index (κ1) is 21.8. The minimum absolute atomic E-state index is 0.00703. The maximum atomic E-state index is 13.1. The third-order valence-corrected chi connectivity index (χ3v) is 5.26. The van der Waals surface area contributed by atoms with Crippen molar-refractivity contribution < 1.29 is 23.1 Å². The number of aromatic nitrogens is 1. The number of amides is 1. The Morgan fingerprint density at radius 1 is 1.10 bits per heavy atom. The molecule has 0 fully saturated rings. The van der Waals surface area contributed by atoms with E-state index in [0.717, 1.165) is 16.5 Å². The first-order valence-electron chi connectivity index (χ1n) is 9.23. The summed E-state index contributed by atoms with van der Waals surface area (Å²) >= 11 is 1.35. The molecule has 0 atom stereocenters. The van der Waals surface area contributed by atoms with Crippen molar-refractivity contribution in [2.45, 2.75) is 25.6 Å². The summed E-state index contributed by atoms with van der Waals surface area (Å²) in [6.07, 6.45) is -1.43. The Kier molecular flexibility index (Phi) is 7.07. The van der Waals surface area contributed by atoms with E-state index in [1.54, 1.807) is 36.5 Å². The summed E-state index contributed by atoms with van der Waals surface area (Å²) in [6, 6.07) is 11.9. The van der Waals surface area contributed by atoms with E-state index in [4.69, 9.17) is 5.11 Å². The van der Waals surface area contributed by atoms with Crippen LogP contribution in [0, 0.1) is 0 Å². The highest BCUT2D eigenvalue weighted by Crippen LogP contribution is 2.34. The van der Waals surface area contributed by atoms with Crippen molar-refractivity contribution in [3.05, 3.63) is 76.3 Å². The average molecular weight is 435 g/mol. The number of thiazole rings is 1. The number of nitrogens with zero attached hydrogens (tertiary/aromatic N) is 1. The molecule has 30 heavy (non-hydrogen) atoms. The largest absolute Gasteiger partial charge is 0.418 e. The monoisotopic (exact) mass is 435 g/mol. The Hall–Kier alpha value is -2.91. The Bertz CT molecular complexity index is 988. The van der Waals surface area contributed by atoms with Crippen molar-refractivity contribution >= 4 is 28.1 Å². The smallest absolute Gasteiger partial charge is 0.396 e. The lowest BCUT2D eigenvalue weighted by molar-refractivity contribution is -0.137. The molecule has 5 nitrogen and oxygen atoms in total. The fourth-order valence-corrected chi connectivity index (χ4v) is 3.61. The van der Waals surface area contributed by atoms with E-state index in [1.165, 1.54) is 23.5 Å². The normalized spacial score (nSPS) is 11.3. The number of aliphatic hydroxyl groups excluding tert-OH is 1. The van der Waals surface area contributed by atoms with E-state index in [2.05, 4.69) is 15.6 Å². The lowest BCUT2D eigenvalue weighted by atomic mass is 10.1. The second-order valence-electron chi connectivity index (χ2n) is 6.51. The van der Waals surface area contributed by atoms with E-state index < -0.39 is 11.7 Å². The lowest BCUT2D eigenvalue weighted by Crippen LogP contribution is -2.12. The predicted octanol–water partition coefficient (Wildman–Crippen LogP) is 4.95. The third kappa shape index (κ3) is 5.80. The Morgan fingerprint density at radius 2 is 1.83 bits per heavy atom. The van der Waals surface area contributed by atoms with Crippen LogP contribution < -0.4 is 10.6 Å². The number of hydrogen-bond acceptors (Lipinski definition) is 5. The van der Waals surface area contributed by atoms with E-state index in [9.17, 15) is 18.0 Å². The van der Waals surface area contributed by atoms with Crippen molar-refractivity contribution in [3.63, 3.8) is 0 Å². The number of alkyl halides is 3. The summed E-state index contributed by atoms with van der Waals surface area (Å²) in [5.74, 6) is -0.319. The first-order valence-corrected chi connectivity index (χ1v) is 10.0. The molecule has 3 rings (SSSR count). The summed E-state index contributed by atoms with van der Waals surface area (Å²) < 4.78 is 39.2. The van der Waals surface area contributed by atoms with E-state index in [-0.39, 0.29) is 24.7 Å². The fraction of sp³-hybridized carbons (Fsp3) is 0.238. The van der Waals surface area contributed by atoms with Crippen LogP contribution in [0.25, 0.3) is 0 Å². The summed E-state index contributed by atoms with van der Waals surface area (Å²) in [4.78, 5) is 17.5. The number of aryl methyl sites for hydroxylation is 1. The molecule has 0 bridgehead atoms. The van der Waals surface area contributed by atoms with Crippen LogP contribution in [0.5, 0.6) is 0 Å². The van der Waals surface area contributed by atoms with Crippen LogP contribution in [0.1, 0.15) is 32.8 Å². The summed E-state index contributed by atoms with van der Waals surface area (Å²) in [5, 5.41) is 14.9. The number of carbonyl (C=O) groups excluding carboxylic acids is 1. The molecular formula is C21H20F3N3O2S. The standard InChI is InChI=1S/C21H20F3N3O2S/c22-21(23,24)17-5-1-2-6-18(17)25-12-14-7-9-15(10-8-14)19(29)27-20-26-13-16(30-20)4-3-11-28/h1-2,5-10,13,25,28H,3-4,11-12H2,(H,26,27,29). The molecule has 0 saturated carbocycles. The molecule has 0 aliphatic heterocycles. The summed E-state index contributed by atoms with van der Waals surface area (Å²) in [7, 11) is 0. The molecule has 0 aliphatic carbocycles. The molecule has 158 valence electrons. The molecule has 3 aromatic rings. The zero-order valence-corrected chi connectivity index (χ0v) is 16.7. The van der Waals surface area contributed by atoms with Gasteiger partial charge in [-0.05, 0) is 42.7 Å². The molecule has 0 unspecified atom stereocenters. The van der Waals surface area contributed by atoms with Crippen molar-refractivity contribution in [2.75, 3.05) is 17.2 Å². The van der Waals surface area contributed by atoms with Gasteiger partial charge in [-0.3, -0.25) is 10.1 Å². The van der Waals surface area contributed by atoms with Crippen molar-refractivity contribution in [3.8, 4) is 0 Å². The van der Waals surface area contributed by atoms with Gasteiger partial charge in [0.2, 0.25) is 0 Å². The third-order valence-electron chi connectivity index (χ3n) is 4.29. The predicted molar refractivity (Wildman–Crippen MR) is 111 cm³/mol. The maximum Gasteiger partial charge on any atom is 0.418 e. The Morgan fingerprint density at radius 3 is 2.53 bits per heavy atom. The van der Waals surface area contributed by atoms with Crippen LogP contribution in [0.15, 0.2) is 54.7 Å². The highest BCUT2D eigenvalue weighted by molar-refractivity contribution is 7.15. The van der Waals surface area contributed by atoms with E-state index >= 15 is 0 Å². The van der Waals surface area contributed by atoms with Gasteiger partial charge in [-0.25, -0.2) is 4.98 Å². The molecule has 0 spiro atoms. The molecular weight excluding hydrogens is 415 g/mol. The average Bonchev–Trinajstić information content (AvgIpc) is 3.17. The Balaban J connectivity index is 1.59. The number of nitrogens with one attached hydrogen (secondary N) is 2. The molecule has 2 aromatic carbocycles. The van der Waals surface area contributed by atoms with Crippen molar-refractivity contribution in [1.82, 2.24) is 4.98 Å². The fourth-order valence-electron chi connectivity index (χ4n) is 2.76. The first-order chi connectivity index (χ1) is 14.4. The van der Waals surface area contributed by atoms with Gasteiger partial charge >= 0.3 is 6.18 Å². The number of benzene rings is 2. The van der Waals surface area contributed by atoms with Crippen LogP contribution in [0.3, 0.4) is 0 Å². The zero-order chi connectivity index (χ0) is 21.6. The van der Waals surface area contributed by atoms with E-state index in [1.807, 2.05) is 0 Å². The molecule has 1 heterocycles. The number of aliphatic hydroxyl groups is 1. The van der Waals surface area contributed by atoms with Gasteiger partial charge in [0, 0.05) is 35.5 Å². The van der Waals surface area contributed by atoms with Gasteiger partial charge in [0.1, 0.15) is 0 Å². The number of anilines is 2. The van der Waals surface area contributed by atoms with Crippen LogP contribution in [-0.4, -0.2) is 22.6 Å². The maximum absolute atomic E-state index is 13.1. The highest BCUT2D eigenvalue weighted by atomic mass is 32.1. The molecule has 1 amide bonds. The second kappa shape index (κ2) is 9.73. The minimum Gasteiger partial charge on any atom is -0.396 e.